The monoisotopic (exact) mass is 302 g/mol. The van der Waals surface area contributed by atoms with Crippen molar-refractivity contribution in [2.45, 2.75) is 38.9 Å². The first kappa shape index (κ1) is 15.1. The summed E-state index contributed by atoms with van der Waals surface area (Å²) in [7, 11) is 0.894. The van der Waals surface area contributed by atoms with E-state index in [1.807, 2.05) is 46.0 Å². The molecule has 0 unspecified atom stereocenters. The minimum absolute atomic E-state index is 0.395. The van der Waals surface area contributed by atoms with Crippen LogP contribution in [0.5, 0.6) is 0 Å². The molecule has 0 saturated carbocycles. The van der Waals surface area contributed by atoms with Crippen LogP contribution < -0.4 is 5.46 Å². The number of fused-ring (bicyclic) bond motifs is 1. The Kier molecular flexibility index (Phi) is 3.30. The summed E-state index contributed by atoms with van der Waals surface area (Å²) in [5, 5.41) is 4.20. The second-order valence-electron chi connectivity index (χ2n) is 6.43. The predicted molar refractivity (Wildman–Crippen MR) is 82.2 cm³/mol. The van der Waals surface area contributed by atoms with Crippen molar-refractivity contribution < 1.29 is 18.8 Å². The van der Waals surface area contributed by atoms with E-state index in [0.29, 0.717) is 11.1 Å². The van der Waals surface area contributed by atoms with Crippen LogP contribution in [0.3, 0.4) is 0 Å². The zero-order chi connectivity index (χ0) is 16.1. The van der Waals surface area contributed by atoms with Gasteiger partial charge in [0.25, 0.3) is 0 Å². The van der Waals surface area contributed by atoms with Gasteiger partial charge in [-0.1, -0.05) is 6.07 Å². The molecule has 0 radical (unpaired) electrons. The Morgan fingerprint density at radius 1 is 1.23 bits per heavy atom. The number of ether oxygens (including phenoxy) is 1. The van der Waals surface area contributed by atoms with Crippen LogP contribution in [-0.2, 0) is 14.0 Å². The van der Waals surface area contributed by atoms with E-state index in [1.54, 1.807) is 4.52 Å². The molecule has 0 aromatic carbocycles. The van der Waals surface area contributed by atoms with E-state index in [0.717, 1.165) is 5.46 Å². The number of esters is 1. The van der Waals surface area contributed by atoms with Gasteiger partial charge in [-0.25, -0.2) is 9.31 Å². The Morgan fingerprint density at radius 2 is 1.86 bits per heavy atom. The van der Waals surface area contributed by atoms with Gasteiger partial charge in [-0.2, -0.15) is 5.10 Å². The van der Waals surface area contributed by atoms with Crippen LogP contribution in [0.1, 0.15) is 38.1 Å². The second-order valence-corrected chi connectivity index (χ2v) is 6.43. The van der Waals surface area contributed by atoms with Gasteiger partial charge in [-0.3, -0.25) is 0 Å². The Bertz CT molecular complexity index is 722. The number of nitrogens with zero attached hydrogens (tertiary/aromatic N) is 2. The van der Waals surface area contributed by atoms with Gasteiger partial charge in [0.2, 0.25) is 0 Å². The van der Waals surface area contributed by atoms with Crippen molar-refractivity contribution in [3.63, 3.8) is 0 Å². The van der Waals surface area contributed by atoms with Crippen molar-refractivity contribution in [2.75, 3.05) is 7.11 Å². The van der Waals surface area contributed by atoms with Gasteiger partial charge in [0, 0.05) is 11.7 Å². The minimum Gasteiger partial charge on any atom is -0.465 e. The van der Waals surface area contributed by atoms with Gasteiger partial charge < -0.3 is 14.0 Å². The van der Waals surface area contributed by atoms with E-state index in [-0.39, 0.29) is 0 Å². The SMILES string of the molecule is COC(=O)c1cnn2cc(B3OC(C)(C)C(C)(C)O3)ccc12. The maximum atomic E-state index is 11.7. The van der Waals surface area contributed by atoms with Crippen molar-refractivity contribution >= 4 is 24.1 Å². The van der Waals surface area contributed by atoms with Crippen molar-refractivity contribution in [1.82, 2.24) is 9.61 Å². The summed E-state index contributed by atoms with van der Waals surface area (Å²) in [5.74, 6) is -0.404. The fraction of sp³-hybridized carbons (Fsp3) is 0.467. The standard InChI is InChI=1S/C15H19BN2O4/c1-14(2)15(3,4)22-16(21-14)10-6-7-12-11(13(19)20-5)8-17-18(12)9-10/h6-9H,1-5H3. The largest absolute Gasteiger partial charge is 0.496 e. The highest BCUT2D eigenvalue weighted by Gasteiger charge is 2.51. The van der Waals surface area contributed by atoms with E-state index in [9.17, 15) is 4.79 Å². The number of methoxy groups -OCH3 is 1. The molecule has 1 aliphatic heterocycles. The average Bonchev–Trinajstić information content (AvgIpc) is 2.96. The van der Waals surface area contributed by atoms with Crippen LogP contribution in [0.4, 0.5) is 0 Å². The summed E-state index contributed by atoms with van der Waals surface area (Å²) >= 11 is 0. The van der Waals surface area contributed by atoms with Crippen molar-refractivity contribution in [3.05, 3.63) is 30.1 Å². The topological polar surface area (TPSA) is 62.1 Å². The summed E-state index contributed by atoms with van der Waals surface area (Å²) in [5.41, 5.74) is 1.18. The summed E-state index contributed by atoms with van der Waals surface area (Å²) in [6.45, 7) is 8.03. The first-order valence-corrected chi connectivity index (χ1v) is 7.16. The molecule has 1 saturated heterocycles. The number of carbonyl (C=O) groups is 1. The van der Waals surface area contributed by atoms with Gasteiger partial charge in [0.15, 0.2) is 0 Å². The lowest BCUT2D eigenvalue weighted by molar-refractivity contribution is 0.00578. The number of pyridine rings is 1. The molecule has 6 nitrogen and oxygen atoms in total. The third kappa shape index (κ3) is 2.21. The molecule has 0 atom stereocenters. The summed E-state index contributed by atoms with van der Waals surface area (Å²) < 4.78 is 18.4. The van der Waals surface area contributed by atoms with Gasteiger partial charge >= 0.3 is 13.1 Å². The van der Waals surface area contributed by atoms with Gasteiger partial charge in [-0.05, 0) is 33.8 Å². The molecule has 0 spiro atoms. The molecule has 1 aliphatic rings. The highest BCUT2D eigenvalue weighted by atomic mass is 16.7. The Hall–Kier alpha value is -1.86. The quantitative estimate of drug-likeness (QED) is 0.620. The van der Waals surface area contributed by atoms with Gasteiger partial charge in [0.1, 0.15) is 5.56 Å². The third-order valence-electron chi connectivity index (χ3n) is 4.47. The molecule has 1 fully saturated rings. The summed E-state index contributed by atoms with van der Waals surface area (Å²) in [6.07, 6.45) is 3.30. The second kappa shape index (κ2) is 4.82. The zero-order valence-corrected chi connectivity index (χ0v) is 13.4. The average molecular weight is 302 g/mol. The van der Waals surface area contributed by atoms with Crippen LogP contribution in [0.25, 0.3) is 5.52 Å². The first-order chi connectivity index (χ1) is 10.2. The van der Waals surface area contributed by atoms with Crippen LogP contribution in [-0.4, -0.2) is 41.0 Å². The molecule has 2 aromatic heterocycles. The molecule has 2 aromatic rings. The van der Waals surface area contributed by atoms with Gasteiger partial charge in [-0.15, -0.1) is 0 Å². The molecule has 0 aliphatic carbocycles. The predicted octanol–water partition coefficient (Wildman–Crippen LogP) is 1.42. The molecule has 116 valence electrons. The van der Waals surface area contributed by atoms with Crippen LogP contribution in [0.2, 0.25) is 0 Å². The number of hydrogen-bond donors (Lipinski definition) is 0. The van der Waals surface area contributed by atoms with Crippen molar-refractivity contribution in [2.24, 2.45) is 0 Å². The van der Waals surface area contributed by atoms with E-state index in [4.69, 9.17) is 14.0 Å². The molecule has 0 bridgehead atoms. The molecule has 0 amide bonds. The molecule has 0 N–H and O–H groups in total. The lowest BCUT2D eigenvalue weighted by Crippen LogP contribution is -2.41. The Labute approximate surface area is 129 Å². The smallest absolute Gasteiger partial charge is 0.465 e. The van der Waals surface area contributed by atoms with E-state index < -0.39 is 24.3 Å². The zero-order valence-electron chi connectivity index (χ0n) is 13.4. The Morgan fingerprint density at radius 3 is 2.45 bits per heavy atom. The Balaban J connectivity index is 1.96. The highest BCUT2D eigenvalue weighted by molar-refractivity contribution is 6.62. The number of carbonyl (C=O) groups excluding carboxylic acids is 1. The van der Waals surface area contributed by atoms with E-state index in [2.05, 4.69) is 5.10 Å². The molecular formula is C15H19BN2O4. The molecular weight excluding hydrogens is 283 g/mol. The maximum absolute atomic E-state index is 11.7. The van der Waals surface area contributed by atoms with Crippen molar-refractivity contribution in [1.29, 1.82) is 0 Å². The van der Waals surface area contributed by atoms with Crippen LogP contribution in [0.15, 0.2) is 24.5 Å². The molecule has 22 heavy (non-hydrogen) atoms. The third-order valence-corrected chi connectivity index (χ3v) is 4.47. The fourth-order valence-corrected chi connectivity index (χ4v) is 2.39. The highest BCUT2D eigenvalue weighted by Crippen LogP contribution is 2.36. The minimum atomic E-state index is -0.458. The van der Waals surface area contributed by atoms with Crippen LogP contribution >= 0.6 is 0 Å². The van der Waals surface area contributed by atoms with E-state index >= 15 is 0 Å². The lowest BCUT2D eigenvalue weighted by Gasteiger charge is -2.32. The summed E-state index contributed by atoms with van der Waals surface area (Å²) in [4.78, 5) is 11.7. The fourth-order valence-electron chi connectivity index (χ4n) is 2.39. The molecule has 3 rings (SSSR count). The number of aromatic nitrogens is 2. The number of rotatable bonds is 2. The number of hydrogen-bond acceptors (Lipinski definition) is 5. The first-order valence-electron chi connectivity index (χ1n) is 7.16. The normalized spacial score (nSPS) is 19.6. The van der Waals surface area contributed by atoms with E-state index in [1.165, 1.54) is 13.3 Å². The van der Waals surface area contributed by atoms with Crippen LogP contribution in [0, 0.1) is 0 Å². The summed E-state index contributed by atoms with van der Waals surface area (Å²) in [6, 6.07) is 3.70. The van der Waals surface area contributed by atoms with Gasteiger partial charge in [0.05, 0.1) is 30.0 Å². The lowest BCUT2D eigenvalue weighted by atomic mass is 9.80. The molecule has 7 heteroatoms. The maximum Gasteiger partial charge on any atom is 0.496 e. The van der Waals surface area contributed by atoms with Crippen molar-refractivity contribution in [3.8, 4) is 0 Å². The molecule has 3 heterocycles.